The van der Waals surface area contributed by atoms with Crippen LogP contribution in [-0.4, -0.2) is 28.4 Å². The lowest BCUT2D eigenvalue weighted by atomic mass is 10.2. The Morgan fingerprint density at radius 2 is 1.84 bits per heavy atom. The third kappa shape index (κ3) is 3.89. The molecule has 0 saturated carbocycles. The molecule has 1 aliphatic heterocycles. The van der Waals surface area contributed by atoms with Crippen LogP contribution in [-0.2, 0) is 16.6 Å². The van der Waals surface area contributed by atoms with Gasteiger partial charge in [-0.3, -0.25) is 9.10 Å². The number of sulfonamides is 1. The van der Waals surface area contributed by atoms with E-state index in [-0.39, 0.29) is 11.4 Å². The van der Waals surface area contributed by atoms with Crippen molar-refractivity contribution in [2.24, 2.45) is 0 Å². The number of anilines is 2. The molecular weight excluding hydrogens is 436 g/mol. The van der Waals surface area contributed by atoms with Gasteiger partial charge in [0.1, 0.15) is 16.4 Å². The van der Waals surface area contributed by atoms with Crippen LogP contribution in [0.4, 0.5) is 11.4 Å². The van der Waals surface area contributed by atoms with E-state index in [2.05, 4.69) is 5.32 Å². The predicted molar refractivity (Wildman–Crippen MR) is 121 cm³/mol. The summed E-state index contributed by atoms with van der Waals surface area (Å²) in [6, 6.07) is 16.0. The van der Waals surface area contributed by atoms with Crippen LogP contribution in [0, 0.1) is 0 Å². The Balaban J connectivity index is 1.74. The molecule has 0 unspecified atom stereocenters. The maximum atomic E-state index is 13.4. The highest BCUT2D eigenvalue weighted by molar-refractivity contribution is 7.97. The van der Waals surface area contributed by atoms with Gasteiger partial charge < -0.3 is 14.8 Å². The van der Waals surface area contributed by atoms with Crippen LogP contribution in [0.25, 0.3) is 0 Å². The molecule has 0 bridgehead atoms. The average Bonchev–Trinajstić information content (AvgIpc) is 3.27. The molecule has 7 nitrogen and oxygen atoms in total. The highest BCUT2D eigenvalue weighted by Crippen LogP contribution is 2.39. The molecule has 0 spiro atoms. The summed E-state index contributed by atoms with van der Waals surface area (Å²) in [5.41, 5.74) is 1.73. The van der Waals surface area contributed by atoms with Gasteiger partial charge in [-0.05, 0) is 29.1 Å². The van der Waals surface area contributed by atoms with Crippen LogP contribution in [0.5, 0.6) is 11.5 Å². The van der Waals surface area contributed by atoms with Crippen molar-refractivity contribution in [2.45, 2.75) is 6.54 Å². The third-order valence-corrected chi connectivity index (χ3v) is 7.52. The molecule has 2 aromatic carbocycles. The Kier molecular flexibility index (Phi) is 5.71. The van der Waals surface area contributed by atoms with E-state index in [1.807, 2.05) is 30.3 Å². The fourth-order valence-electron chi connectivity index (χ4n) is 3.27. The number of hydrogen-bond acceptors (Lipinski definition) is 7. The van der Waals surface area contributed by atoms with Crippen LogP contribution in [0.15, 0.2) is 71.1 Å². The molecule has 31 heavy (non-hydrogen) atoms. The molecule has 1 aliphatic rings. The molecule has 4 rings (SSSR count). The summed E-state index contributed by atoms with van der Waals surface area (Å²) in [5.74, 6) is 0.512. The number of thiophene rings is 1. The van der Waals surface area contributed by atoms with E-state index < -0.39 is 15.8 Å². The van der Waals surface area contributed by atoms with Crippen molar-refractivity contribution in [3.8, 4) is 11.5 Å². The van der Waals surface area contributed by atoms with E-state index in [0.717, 1.165) is 5.56 Å². The Morgan fingerprint density at radius 3 is 2.55 bits per heavy atom. The van der Waals surface area contributed by atoms with Crippen LogP contribution in [0.1, 0.15) is 15.2 Å². The lowest BCUT2D eigenvalue weighted by molar-refractivity contribution is 0.104. The fourth-order valence-corrected chi connectivity index (χ4v) is 5.75. The Morgan fingerprint density at radius 1 is 1.06 bits per heavy atom. The molecule has 2 heterocycles. The number of allylic oxidation sites excluding steroid dienone is 1. The molecular formula is C22H20N2O5S2. The first kappa shape index (κ1) is 21.0. The molecule has 1 N–H and O–H groups in total. The van der Waals surface area contributed by atoms with Crippen molar-refractivity contribution in [3.05, 3.63) is 81.5 Å². The van der Waals surface area contributed by atoms with E-state index >= 15 is 0 Å². The summed E-state index contributed by atoms with van der Waals surface area (Å²) in [7, 11) is -1.04. The molecule has 0 radical (unpaired) electrons. The van der Waals surface area contributed by atoms with Gasteiger partial charge in [0.2, 0.25) is 5.78 Å². The second-order valence-corrected chi connectivity index (χ2v) is 9.43. The number of nitrogens with one attached hydrogen (secondary N) is 1. The number of Topliss-reactive ketones (excluding diaryl/α,β-unsaturated/α-hetero) is 1. The number of fused-ring (bicyclic) bond motifs is 1. The Bertz CT molecular complexity index is 1250. The third-order valence-electron chi connectivity index (χ3n) is 4.85. The van der Waals surface area contributed by atoms with Crippen molar-refractivity contribution >= 4 is 38.5 Å². The van der Waals surface area contributed by atoms with Crippen molar-refractivity contribution in [1.29, 1.82) is 0 Å². The minimum absolute atomic E-state index is 0.128. The van der Waals surface area contributed by atoms with Gasteiger partial charge >= 0.3 is 0 Å². The molecule has 0 saturated heterocycles. The highest BCUT2D eigenvalue weighted by atomic mass is 32.2. The molecule has 0 aliphatic carbocycles. The van der Waals surface area contributed by atoms with Crippen LogP contribution in [0.2, 0.25) is 0 Å². The summed E-state index contributed by atoms with van der Waals surface area (Å²) in [6.07, 6.45) is 1.22. The van der Waals surface area contributed by atoms with Crippen LogP contribution in [0.3, 0.4) is 0 Å². The van der Waals surface area contributed by atoms with E-state index in [0.29, 0.717) is 27.8 Å². The van der Waals surface area contributed by atoms with Gasteiger partial charge in [0, 0.05) is 12.3 Å². The van der Waals surface area contributed by atoms with E-state index in [9.17, 15) is 13.2 Å². The topological polar surface area (TPSA) is 84.9 Å². The number of carbonyl (C=O) groups excluding carboxylic acids is 1. The first-order valence-electron chi connectivity index (χ1n) is 9.33. The second-order valence-electron chi connectivity index (χ2n) is 6.68. The fraction of sp³-hybridized carbons (Fsp3) is 0.136. The smallest absolute Gasteiger partial charge is 0.270 e. The molecule has 160 valence electrons. The maximum Gasteiger partial charge on any atom is 0.270 e. The summed E-state index contributed by atoms with van der Waals surface area (Å²) in [4.78, 5) is 13.1. The molecule has 9 heteroatoms. The largest absolute Gasteiger partial charge is 0.497 e. The summed E-state index contributed by atoms with van der Waals surface area (Å²) in [6.45, 7) is 0.128. The maximum absolute atomic E-state index is 13.4. The van der Waals surface area contributed by atoms with Gasteiger partial charge in [-0.2, -0.15) is 0 Å². The SMILES string of the molecule is COc1ccc(N/C=C2/C(=O)c3sccc3N(Cc3ccccc3)S2(=O)=O)c(OC)c1. The van der Waals surface area contributed by atoms with Crippen molar-refractivity contribution in [2.75, 3.05) is 23.8 Å². The molecule has 3 aromatic rings. The van der Waals surface area contributed by atoms with Gasteiger partial charge in [0.25, 0.3) is 10.0 Å². The number of ether oxygens (including phenoxy) is 2. The van der Waals surface area contributed by atoms with Crippen LogP contribution < -0.4 is 19.1 Å². The number of hydrogen-bond donors (Lipinski definition) is 1. The molecule has 0 amide bonds. The minimum Gasteiger partial charge on any atom is -0.497 e. The number of carbonyl (C=O) groups is 1. The van der Waals surface area contributed by atoms with Gasteiger partial charge in [-0.15, -0.1) is 11.3 Å². The summed E-state index contributed by atoms with van der Waals surface area (Å²) in [5, 5.41) is 4.64. The molecule has 0 fully saturated rings. The monoisotopic (exact) mass is 456 g/mol. The first-order valence-corrected chi connectivity index (χ1v) is 11.6. The Labute approximate surface area is 184 Å². The van der Waals surface area contributed by atoms with Crippen LogP contribution >= 0.6 is 11.3 Å². The van der Waals surface area contributed by atoms with E-state index in [1.54, 1.807) is 29.6 Å². The zero-order valence-corrected chi connectivity index (χ0v) is 18.5. The molecule has 0 atom stereocenters. The quantitative estimate of drug-likeness (QED) is 0.558. The zero-order valence-electron chi connectivity index (χ0n) is 16.9. The Hall–Kier alpha value is -3.30. The minimum atomic E-state index is -4.07. The average molecular weight is 457 g/mol. The van der Waals surface area contributed by atoms with Gasteiger partial charge in [-0.1, -0.05) is 30.3 Å². The van der Waals surface area contributed by atoms with E-state index in [4.69, 9.17) is 9.47 Å². The highest BCUT2D eigenvalue weighted by Gasteiger charge is 2.41. The second kappa shape index (κ2) is 8.44. The normalized spacial score (nSPS) is 16.1. The van der Waals surface area contributed by atoms with Crippen molar-refractivity contribution in [3.63, 3.8) is 0 Å². The summed E-state index contributed by atoms with van der Waals surface area (Å²) >= 11 is 1.22. The molecule has 1 aromatic heterocycles. The predicted octanol–water partition coefficient (Wildman–Crippen LogP) is 4.25. The van der Waals surface area contributed by atoms with E-state index in [1.165, 1.54) is 36.1 Å². The van der Waals surface area contributed by atoms with Gasteiger partial charge in [0.05, 0.1) is 32.1 Å². The van der Waals surface area contributed by atoms with Crippen molar-refractivity contribution in [1.82, 2.24) is 0 Å². The van der Waals surface area contributed by atoms with Gasteiger partial charge in [0.15, 0.2) is 4.91 Å². The zero-order chi connectivity index (χ0) is 22.0. The van der Waals surface area contributed by atoms with Crippen molar-refractivity contribution < 1.29 is 22.7 Å². The van der Waals surface area contributed by atoms with Gasteiger partial charge in [-0.25, -0.2) is 8.42 Å². The number of benzene rings is 2. The summed E-state index contributed by atoms with van der Waals surface area (Å²) < 4.78 is 38.6. The number of nitrogens with zero attached hydrogens (tertiary/aromatic N) is 1. The lowest BCUT2D eigenvalue weighted by Crippen LogP contribution is -2.38. The standard InChI is InChI=1S/C22H20N2O5S2/c1-28-16-8-9-17(19(12-16)29-2)23-13-20-21(25)22-18(10-11-30-22)24(31(20,26)27)14-15-6-4-3-5-7-15/h3-13,23H,14H2,1-2H3/b20-13-. The number of ketones is 1. The first-order chi connectivity index (χ1) is 15.0. The number of methoxy groups -OCH3 is 2. The lowest BCUT2D eigenvalue weighted by Gasteiger charge is -2.29. The number of rotatable bonds is 6.